The molecule has 0 spiro atoms. The van der Waals surface area contributed by atoms with Crippen molar-refractivity contribution >= 4 is 5.88 Å². The molecule has 3 heteroatoms. The molecule has 0 saturated carbocycles. The Balaban J connectivity index is 2.98. The van der Waals surface area contributed by atoms with Gasteiger partial charge >= 0.3 is 0 Å². The van der Waals surface area contributed by atoms with Gasteiger partial charge in [0.25, 0.3) is 0 Å². The van der Waals surface area contributed by atoms with Crippen LogP contribution in [0.2, 0.25) is 0 Å². The van der Waals surface area contributed by atoms with Gasteiger partial charge in [-0.05, 0) is 18.8 Å². The molecule has 0 radical (unpaired) electrons. The van der Waals surface area contributed by atoms with Crippen LogP contribution in [0.4, 0.5) is 5.88 Å². The first-order valence-corrected chi connectivity index (χ1v) is 6.36. The van der Waals surface area contributed by atoms with Crippen molar-refractivity contribution in [1.82, 2.24) is 5.16 Å². The number of nitrogens with two attached hydrogens (primary N) is 1. The van der Waals surface area contributed by atoms with Crippen LogP contribution in [0.1, 0.15) is 76.5 Å². The summed E-state index contributed by atoms with van der Waals surface area (Å²) in [7, 11) is 0. The Morgan fingerprint density at radius 3 is 2.19 bits per heavy atom. The van der Waals surface area contributed by atoms with Gasteiger partial charge in [-0.3, -0.25) is 0 Å². The third kappa shape index (κ3) is 2.77. The Morgan fingerprint density at radius 2 is 1.75 bits per heavy atom. The van der Waals surface area contributed by atoms with Crippen LogP contribution < -0.4 is 5.73 Å². The van der Waals surface area contributed by atoms with Gasteiger partial charge in [0.15, 0.2) is 0 Å². The van der Waals surface area contributed by atoms with Gasteiger partial charge in [0.05, 0.1) is 5.69 Å². The molecule has 0 fully saturated rings. The second-order valence-corrected chi connectivity index (χ2v) is 4.77. The van der Waals surface area contributed by atoms with E-state index in [2.05, 4.69) is 32.9 Å². The highest BCUT2D eigenvalue weighted by Crippen LogP contribution is 2.34. The normalized spacial score (nSPS) is 11.6. The van der Waals surface area contributed by atoms with Gasteiger partial charge in [0.2, 0.25) is 5.88 Å². The molecule has 0 aliphatic heterocycles. The molecule has 1 heterocycles. The lowest BCUT2D eigenvalue weighted by molar-refractivity contribution is 0.411. The van der Waals surface area contributed by atoms with Gasteiger partial charge in [0.1, 0.15) is 0 Å². The maximum atomic E-state index is 5.84. The minimum absolute atomic E-state index is 0.387. The Hall–Kier alpha value is -0.990. The van der Waals surface area contributed by atoms with E-state index < -0.39 is 0 Å². The van der Waals surface area contributed by atoms with Gasteiger partial charge < -0.3 is 10.3 Å². The zero-order valence-electron chi connectivity index (χ0n) is 10.9. The summed E-state index contributed by atoms with van der Waals surface area (Å²) >= 11 is 0. The number of hydrogen-bond donors (Lipinski definition) is 1. The molecular formula is C13H24N2O. The highest BCUT2D eigenvalue weighted by molar-refractivity contribution is 5.42. The zero-order chi connectivity index (χ0) is 12.1. The summed E-state index contributed by atoms with van der Waals surface area (Å²) in [6, 6.07) is 0. The van der Waals surface area contributed by atoms with Crippen LogP contribution in [0, 0.1) is 0 Å². The number of nitrogens with zero attached hydrogens (tertiary/aromatic N) is 1. The van der Waals surface area contributed by atoms with Crippen molar-refractivity contribution < 1.29 is 4.52 Å². The van der Waals surface area contributed by atoms with Gasteiger partial charge in [-0.2, -0.15) is 0 Å². The van der Waals surface area contributed by atoms with Crippen molar-refractivity contribution in [3.05, 3.63) is 11.3 Å². The SMILES string of the molecule is CCCC(CCC)c1noc(N)c1C(C)C. The molecule has 0 saturated heterocycles. The van der Waals surface area contributed by atoms with E-state index in [1.807, 2.05) is 0 Å². The van der Waals surface area contributed by atoms with E-state index in [1.165, 1.54) is 25.7 Å². The Kier molecular flexibility index (Phi) is 4.84. The minimum Gasteiger partial charge on any atom is -0.367 e. The molecule has 2 N–H and O–H groups in total. The van der Waals surface area contributed by atoms with E-state index in [0.29, 0.717) is 17.7 Å². The van der Waals surface area contributed by atoms with Crippen LogP contribution in [-0.4, -0.2) is 5.16 Å². The Bertz CT molecular complexity index is 312. The van der Waals surface area contributed by atoms with Gasteiger partial charge in [-0.15, -0.1) is 0 Å². The van der Waals surface area contributed by atoms with Crippen molar-refractivity contribution in [2.45, 2.75) is 65.2 Å². The molecule has 0 unspecified atom stereocenters. The van der Waals surface area contributed by atoms with Gasteiger partial charge in [0, 0.05) is 11.5 Å². The summed E-state index contributed by atoms with van der Waals surface area (Å²) in [6.07, 6.45) is 4.68. The number of aromatic nitrogens is 1. The molecule has 92 valence electrons. The van der Waals surface area contributed by atoms with E-state index >= 15 is 0 Å². The summed E-state index contributed by atoms with van der Waals surface area (Å²) in [5, 5.41) is 4.17. The Labute approximate surface area is 98.4 Å². The van der Waals surface area contributed by atoms with E-state index in [0.717, 1.165) is 11.3 Å². The van der Waals surface area contributed by atoms with E-state index in [4.69, 9.17) is 10.3 Å². The van der Waals surface area contributed by atoms with Crippen molar-refractivity contribution in [1.29, 1.82) is 0 Å². The second kappa shape index (κ2) is 5.92. The molecule has 0 aromatic carbocycles. The molecule has 0 aliphatic carbocycles. The van der Waals surface area contributed by atoms with Crippen LogP contribution >= 0.6 is 0 Å². The summed E-state index contributed by atoms with van der Waals surface area (Å²) in [5.41, 5.74) is 8.05. The fourth-order valence-electron chi connectivity index (χ4n) is 2.31. The van der Waals surface area contributed by atoms with Gasteiger partial charge in [-0.25, -0.2) is 0 Å². The molecule has 0 atom stereocenters. The summed E-state index contributed by atoms with van der Waals surface area (Å²) < 4.78 is 5.16. The van der Waals surface area contributed by atoms with Crippen LogP contribution in [0.3, 0.4) is 0 Å². The third-order valence-corrected chi connectivity index (χ3v) is 3.02. The monoisotopic (exact) mass is 224 g/mol. The largest absolute Gasteiger partial charge is 0.367 e. The number of hydrogen-bond acceptors (Lipinski definition) is 3. The van der Waals surface area contributed by atoms with Crippen LogP contribution in [0.15, 0.2) is 4.52 Å². The van der Waals surface area contributed by atoms with Crippen LogP contribution in [-0.2, 0) is 0 Å². The molecule has 1 rings (SSSR count). The van der Waals surface area contributed by atoms with Gasteiger partial charge in [-0.1, -0.05) is 45.7 Å². The summed E-state index contributed by atoms with van der Waals surface area (Å²) in [5.74, 6) is 1.40. The first kappa shape index (κ1) is 13.1. The fourth-order valence-corrected chi connectivity index (χ4v) is 2.31. The number of rotatable bonds is 6. The number of nitrogen functional groups attached to an aromatic ring is 1. The number of anilines is 1. The quantitative estimate of drug-likeness (QED) is 0.792. The van der Waals surface area contributed by atoms with Crippen molar-refractivity contribution in [3.8, 4) is 0 Å². The fraction of sp³-hybridized carbons (Fsp3) is 0.769. The van der Waals surface area contributed by atoms with E-state index in [-0.39, 0.29) is 0 Å². The second-order valence-electron chi connectivity index (χ2n) is 4.77. The molecular weight excluding hydrogens is 200 g/mol. The average molecular weight is 224 g/mol. The molecule has 16 heavy (non-hydrogen) atoms. The predicted octanol–water partition coefficient (Wildman–Crippen LogP) is 4.06. The standard InChI is InChI=1S/C13H24N2O/c1-5-7-10(8-6-2)12-11(9(3)4)13(14)16-15-12/h9-10H,5-8,14H2,1-4H3. The minimum atomic E-state index is 0.387. The first-order chi connectivity index (χ1) is 7.61. The van der Waals surface area contributed by atoms with Crippen molar-refractivity contribution in [3.63, 3.8) is 0 Å². The average Bonchev–Trinajstić information content (AvgIpc) is 2.60. The topological polar surface area (TPSA) is 52.0 Å². The molecule has 3 nitrogen and oxygen atoms in total. The van der Waals surface area contributed by atoms with Crippen molar-refractivity contribution in [2.24, 2.45) is 0 Å². The maximum Gasteiger partial charge on any atom is 0.225 e. The highest BCUT2D eigenvalue weighted by Gasteiger charge is 2.23. The first-order valence-electron chi connectivity index (χ1n) is 6.36. The lowest BCUT2D eigenvalue weighted by Crippen LogP contribution is -2.04. The van der Waals surface area contributed by atoms with E-state index in [9.17, 15) is 0 Å². The lowest BCUT2D eigenvalue weighted by atomic mass is 9.89. The Morgan fingerprint density at radius 1 is 1.19 bits per heavy atom. The summed E-state index contributed by atoms with van der Waals surface area (Å²) in [4.78, 5) is 0. The van der Waals surface area contributed by atoms with Crippen LogP contribution in [0.25, 0.3) is 0 Å². The van der Waals surface area contributed by atoms with Crippen molar-refractivity contribution in [2.75, 3.05) is 5.73 Å². The lowest BCUT2D eigenvalue weighted by Gasteiger charge is -2.15. The smallest absolute Gasteiger partial charge is 0.225 e. The van der Waals surface area contributed by atoms with Crippen LogP contribution in [0.5, 0.6) is 0 Å². The molecule has 1 aromatic rings. The molecule has 0 aliphatic rings. The highest BCUT2D eigenvalue weighted by atomic mass is 16.5. The zero-order valence-corrected chi connectivity index (χ0v) is 10.9. The molecule has 1 aromatic heterocycles. The third-order valence-electron chi connectivity index (χ3n) is 3.02. The molecule has 0 amide bonds. The summed E-state index contributed by atoms with van der Waals surface area (Å²) in [6.45, 7) is 8.70. The predicted molar refractivity (Wildman–Crippen MR) is 67.6 cm³/mol. The molecule has 0 bridgehead atoms. The maximum absolute atomic E-state index is 5.84. The van der Waals surface area contributed by atoms with E-state index in [1.54, 1.807) is 0 Å².